The van der Waals surface area contributed by atoms with Gasteiger partial charge in [0.25, 0.3) is 0 Å². The van der Waals surface area contributed by atoms with E-state index in [4.69, 9.17) is 14.2 Å². The van der Waals surface area contributed by atoms with Crippen molar-refractivity contribution < 1.29 is 19.0 Å². The van der Waals surface area contributed by atoms with Crippen LogP contribution in [0.5, 0.6) is 11.5 Å². The minimum Gasteiger partial charge on any atom is -0.490 e. The SMILES string of the molecule is CN(C)CC(=O)Nc1ccc(O[C@H]2C[C@]3(C)[C@@H](OCc4ccccc4)CC[C@H]3[C@@H]3CCc4cc(OCc5ccccc5)ccc4[C@H]32)cc1. The van der Waals surface area contributed by atoms with E-state index < -0.39 is 0 Å². The van der Waals surface area contributed by atoms with Crippen LogP contribution >= 0.6 is 0 Å². The first kappa shape index (κ1) is 32.4. The molecule has 6 heteroatoms. The molecule has 6 atom stereocenters. The molecule has 0 heterocycles. The Balaban J connectivity index is 1.14. The highest BCUT2D eigenvalue weighted by molar-refractivity contribution is 5.92. The molecule has 6 nitrogen and oxygen atoms in total. The zero-order valence-electron chi connectivity index (χ0n) is 28.4. The van der Waals surface area contributed by atoms with E-state index in [0.29, 0.717) is 37.5 Å². The van der Waals surface area contributed by atoms with E-state index in [2.05, 4.69) is 85.0 Å². The van der Waals surface area contributed by atoms with Crippen LogP contribution in [0.2, 0.25) is 0 Å². The van der Waals surface area contributed by atoms with E-state index in [1.165, 1.54) is 28.7 Å². The van der Waals surface area contributed by atoms with Gasteiger partial charge in [-0.3, -0.25) is 4.79 Å². The molecule has 2 saturated carbocycles. The van der Waals surface area contributed by atoms with Gasteiger partial charge in [-0.1, -0.05) is 73.7 Å². The molecule has 0 saturated heterocycles. The van der Waals surface area contributed by atoms with E-state index in [-0.39, 0.29) is 23.5 Å². The number of rotatable bonds is 11. The van der Waals surface area contributed by atoms with Gasteiger partial charge in [0.05, 0.1) is 19.3 Å². The molecule has 4 aromatic carbocycles. The molecule has 0 radical (unpaired) electrons. The molecule has 1 N–H and O–H groups in total. The van der Waals surface area contributed by atoms with E-state index in [9.17, 15) is 4.79 Å². The number of hydrogen-bond acceptors (Lipinski definition) is 5. The normalized spacial score (nSPS) is 25.9. The number of hydrogen-bond donors (Lipinski definition) is 1. The first-order valence-electron chi connectivity index (χ1n) is 17.5. The van der Waals surface area contributed by atoms with Crippen molar-refractivity contribution in [3.8, 4) is 11.5 Å². The molecule has 250 valence electrons. The van der Waals surface area contributed by atoms with Gasteiger partial charge in [-0.05, 0) is 117 Å². The van der Waals surface area contributed by atoms with E-state index in [0.717, 1.165) is 42.9 Å². The van der Waals surface area contributed by atoms with Gasteiger partial charge >= 0.3 is 0 Å². The topological polar surface area (TPSA) is 60.0 Å². The summed E-state index contributed by atoms with van der Waals surface area (Å²) in [5.41, 5.74) is 5.99. The van der Waals surface area contributed by atoms with Gasteiger partial charge < -0.3 is 24.4 Å². The second-order valence-electron chi connectivity index (χ2n) is 14.5. The Morgan fingerprint density at radius 3 is 2.23 bits per heavy atom. The van der Waals surface area contributed by atoms with Crippen LogP contribution in [0.4, 0.5) is 5.69 Å². The number of carbonyl (C=O) groups is 1. The highest BCUT2D eigenvalue weighted by Gasteiger charge is 2.59. The molecule has 0 aliphatic heterocycles. The average molecular weight is 645 g/mol. The lowest BCUT2D eigenvalue weighted by atomic mass is 9.54. The number of amides is 1. The van der Waals surface area contributed by atoms with Crippen LogP contribution in [0.25, 0.3) is 0 Å². The lowest BCUT2D eigenvalue weighted by Gasteiger charge is -2.53. The molecule has 0 unspecified atom stereocenters. The molecule has 7 rings (SSSR count). The summed E-state index contributed by atoms with van der Waals surface area (Å²) in [6.07, 6.45) is 5.60. The van der Waals surface area contributed by atoms with E-state index >= 15 is 0 Å². The summed E-state index contributed by atoms with van der Waals surface area (Å²) in [6.45, 7) is 4.01. The molecular weight excluding hydrogens is 596 g/mol. The highest BCUT2D eigenvalue weighted by Crippen LogP contribution is 2.62. The van der Waals surface area contributed by atoms with Crippen molar-refractivity contribution in [2.24, 2.45) is 17.3 Å². The van der Waals surface area contributed by atoms with Crippen molar-refractivity contribution in [2.45, 2.75) is 70.4 Å². The number of nitrogens with one attached hydrogen (secondary N) is 1. The summed E-state index contributed by atoms with van der Waals surface area (Å²) >= 11 is 0. The third kappa shape index (κ3) is 7.01. The maximum absolute atomic E-state index is 12.3. The molecule has 2 fully saturated rings. The third-order valence-corrected chi connectivity index (χ3v) is 11.0. The van der Waals surface area contributed by atoms with Crippen LogP contribution in [0, 0.1) is 17.3 Å². The molecule has 0 spiro atoms. The largest absolute Gasteiger partial charge is 0.490 e. The standard InChI is InChI=1S/C42H48N2O4/c1-42-25-38(48-33-17-15-32(16-18-33)43-40(45)26-44(2)3)41-35-21-19-34(46-27-29-10-6-4-7-11-29)24-31(35)14-20-36(41)37(42)22-23-39(42)47-28-30-12-8-5-9-13-30/h4-13,15-19,21,24,36-39,41H,14,20,22-23,25-28H2,1-3H3,(H,43,45)/t36-,37-,38-,39-,41+,42-/m0/s1. The first-order valence-corrected chi connectivity index (χ1v) is 17.5. The number of ether oxygens (including phenoxy) is 3. The lowest BCUT2D eigenvalue weighted by molar-refractivity contribution is -0.116. The van der Waals surface area contributed by atoms with Crippen LogP contribution in [0.15, 0.2) is 103 Å². The van der Waals surface area contributed by atoms with Crippen LogP contribution < -0.4 is 14.8 Å². The fourth-order valence-corrected chi connectivity index (χ4v) is 8.83. The zero-order chi connectivity index (χ0) is 33.1. The van der Waals surface area contributed by atoms with E-state index in [1.807, 2.05) is 49.3 Å². The molecule has 0 aromatic heterocycles. The smallest absolute Gasteiger partial charge is 0.238 e. The summed E-state index contributed by atoms with van der Waals surface area (Å²) in [5.74, 6) is 3.13. The molecule has 1 amide bonds. The van der Waals surface area contributed by atoms with Crippen LogP contribution in [-0.4, -0.2) is 43.7 Å². The minimum atomic E-state index is -0.0311. The number of fused-ring (bicyclic) bond motifs is 5. The van der Waals surface area contributed by atoms with Crippen molar-refractivity contribution in [1.29, 1.82) is 0 Å². The number of nitrogens with zero attached hydrogens (tertiary/aromatic N) is 1. The van der Waals surface area contributed by atoms with Crippen molar-refractivity contribution >= 4 is 11.6 Å². The lowest BCUT2D eigenvalue weighted by Crippen LogP contribution is -2.52. The monoisotopic (exact) mass is 644 g/mol. The number of carbonyl (C=O) groups excluding carboxylic acids is 1. The van der Waals surface area contributed by atoms with Crippen molar-refractivity contribution in [3.05, 3.63) is 125 Å². The van der Waals surface area contributed by atoms with Gasteiger partial charge in [0.1, 0.15) is 24.2 Å². The Morgan fingerprint density at radius 1 is 0.833 bits per heavy atom. The predicted octanol–water partition coefficient (Wildman–Crippen LogP) is 8.26. The van der Waals surface area contributed by atoms with Gasteiger partial charge in [0.2, 0.25) is 5.91 Å². The molecular formula is C42H48N2O4. The second-order valence-corrected chi connectivity index (χ2v) is 14.5. The zero-order valence-corrected chi connectivity index (χ0v) is 28.4. The number of anilines is 1. The Hall–Kier alpha value is -4.13. The van der Waals surface area contributed by atoms with Crippen molar-refractivity contribution in [2.75, 3.05) is 26.0 Å². The van der Waals surface area contributed by atoms with Gasteiger partial charge in [-0.2, -0.15) is 0 Å². The Bertz CT molecular complexity index is 1680. The predicted molar refractivity (Wildman–Crippen MR) is 190 cm³/mol. The summed E-state index contributed by atoms with van der Waals surface area (Å²) < 4.78 is 20.0. The molecule has 4 aromatic rings. The fraction of sp³-hybridized carbons (Fsp3) is 0.405. The average Bonchev–Trinajstić information content (AvgIpc) is 3.43. The van der Waals surface area contributed by atoms with Crippen molar-refractivity contribution in [1.82, 2.24) is 4.90 Å². The van der Waals surface area contributed by atoms with Crippen LogP contribution in [0.1, 0.15) is 60.8 Å². The quantitative estimate of drug-likeness (QED) is 0.178. The Kier molecular flexibility index (Phi) is 9.56. The number of benzene rings is 4. The maximum Gasteiger partial charge on any atom is 0.238 e. The van der Waals surface area contributed by atoms with Crippen LogP contribution in [0.3, 0.4) is 0 Å². The van der Waals surface area contributed by atoms with Gasteiger partial charge in [-0.15, -0.1) is 0 Å². The minimum absolute atomic E-state index is 0.00138. The van der Waals surface area contributed by atoms with Gasteiger partial charge in [0, 0.05) is 17.0 Å². The summed E-state index contributed by atoms with van der Waals surface area (Å²) in [5, 5.41) is 2.99. The fourth-order valence-electron chi connectivity index (χ4n) is 8.83. The molecule has 3 aliphatic carbocycles. The van der Waals surface area contributed by atoms with Crippen molar-refractivity contribution in [3.63, 3.8) is 0 Å². The van der Waals surface area contributed by atoms with E-state index in [1.54, 1.807) is 0 Å². The Morgan fingerprint density at radius 2 is 1.52 bits per heavy atom. The Labute approximate surface area is 285 Å². The molecule has 48 heavy (non-hydrogen) atoms. The molecule has 3 aliphatic rings. The number of aryl methyl sites for hydroxylation is 1. The summed E-state index contributed by atoms with van der Waals surface area (Å²) in [4.78, 5) is 14.2. The first-order chi connectivity index (χ1) is 23.4. The third-order valence-electron chi connectivity index (χ3n) is 11.0. The summed E-state index contributed by atoms with van der Waals surface area (Å²) in [7, 11) is 3.78. The maximum atomic E-state index is 12.3. The van der Waals surface area contributed by atoms with Gasteiger partial charge in [-0.25, -0.2) is 0 Å². The number of likely N-dealkylation sites (N-methyl/N-ethyl adjacent to an activating group) is 1. The van der Waals surface area contributed by atoms with Crippen LogP contribution in [-0.2, 0) is 29.2 Å². The van der Waals surface area contributed by atoms with Gasteiger partial charge in [0.15, 0.2) is 0 Å². The summed E-state index contributed by atoms with van der Waals surface area (Å²) in [6, 6.07) is 35.5. The molecule has 0 bridgehead atoms. The highest BCUT2D eigenvalue weighted by atomic mass is 16.5. The second kappa shape index (κ2) is 14.2.